The van der Waals surface area contributed by atoms with Crippen LogP contribution in [0.3, 0.4) is 0 Å². The normalized spacial score (nSPS) is 14.8. The van der Waals surface area contributed by atoms with Crippen molar-refractivity contribution in [3.8, 4) is 62.1 Å². The molecule has 2 aliphatic rings. The lowest BCUT2D eigenvalue weighted by Gasteiger charge is -2.42. The molecule has 5 heteroatoms. The number of hydrogen-bond acceptors (Lipinski definition) is 2. The van der Waals surface area contributed by atoms with Crippen LogP contribution in [0.5, 0.6) is 11.5 Å². The lowest BCUT2D eigenvalue weighted by molar-refractivity contribution is -0.571. The highest BCUT2D eigenvalue weighted by Gasteiger charge is 2.38. The molecule has 0 radical (unpaired) electrons. The first-order valence-electron chi connectivity index (χ1n) is 23.0. The van der Waals surface area contributed by atoms with Crippen LogP contribution in [0.15, 0.2) is 164 Å². The molecule has 1 aliphatic carbocycles. The number of pyridine rings is 1. The fourth-order valence-electron chi connectivity index (χ4n) is 10.7. The molecule has 65 heavy (non-hydrogen) atoms. The van der Waals surface area contributed by atoms with Gasteiger partial charge in [-0.15, -0.1) is 0 Å². The third-order valence-electron chi connectivity index (χ3n) is 14.4. The number of aromatic nitrogens is 4. The summed E-state index contributed by atoms with van der Waals surface area (Å²) < 4.78 is 13.6. The Hall–Kier alpha value is -7.24. The maximum Gasteiger partial charge on any atom is 0.269 e. The second kappa shape index (κ2) is 14.1. The van der Waals surface area contributed by atoms with E-state index in [0.29, 0.717) is 0 Å². The molecule has 0 saturated carbocycles. The van der Waals surface area contributed by atoms with Gasteiger partial charge in [-0.3, -0.25) is 13.7 Å². The van der Waals surface area contributed by atoms with E-state index in [1.807, 2.05) is 12.3 Å². The van der Waals surface area contributed by atoms with Crippen LogP contribution in [0.4, 0.5) is 0 Å². The molecule has 0 atom stereocenters. The van der Waals surface area contributed by atoms with Gasteiger partial charge in [0.2, 0.25) is 0 Å². The molecular weight excluding hydrogens is 793 g/mol. The van der Waals surface area contributed by atoms with Crippen LogP contribution in [0.1, 0.15) is 78.0 Å². The molecule has 10 aromatic rings. The number of ether oxygens (including phenoxy) is 1. The van der Waals surface area contributed by atoms with E-state index in [4.69, 9.17) is 9.72 Å². The number of benzene rings is 7. The summed E-state index contributed by atoms with van der Waals surface area (Å²) in [7, 11) is 0. The molecular formula is C60H52N4O. The Kier molecular flexibility index (Phi) is 8.56. The molecule has 0 saturated heterocycles. The highest BCUT2D eigenvalue weighted by molar-refractivity contribution is 6.09. The molecule has 0 unspecified atom stereocenters. The van der Waals surface area contributed by atoms with Crippen LogP contribution < -0.4 is 9.30 Å². The van der Waals surface area contributed by atoms with E-state index >= 15 is 0 Å². The van der Waals surface area contributed by atoms with Gasteiger partial charge in [-0.2, -0.15) is 0 Å². The third kappa shape index (κ3) is 6.19. The second-order valence-electron chi connectivity index (χ2n) is 20.5. The summed E-state index contributed by atoms with van der Waals surface area (Å²) in [6.45, 7) is 16.4. The minimum absolute atomic E-state index is 0.0114. The van der Waals surface area contributed by atoms with E-state index < -0.39 is 0 Å². The van der Waals surface area contributed by atoms with Crippen molar-refractivity contribution in [2.45, 2.75) is 77.6 Å². The van der Waals surface area contributed by atoms with Gasteiger partial charge in [-0.1, -0.05) is 139 Å². The second-order valence-corrected chi connectivity index (χ2v) is 20.5. The van der Waals surface area contributed by atoms with Gasteiger partial charge in [0.25, 0.3) is 6.33 Å². The first kappa shape index (κ1) is 39.4. The SMILES string of the molecule is CC(C)(C)c1ccnc(-n2c3ccccc3c3ccc(Oc4cccc(-n5[c-][n+]6c7c(cccc75)-c5ccccc5-c5cc7c(cc5-c5ccccc5-6)C(C)(C)CCC7(C)C)c4)cc32)c1. The maximum absolute atomic E-state index is 6.80. The minimum atomic E-state index is -0.0114. The summed E-state index contributed by atoms with van der Waals surface area (Å²) in [4.78, 5) is 4.90. The molecule has 1 aliphatic heterocycles. The monoisotopic (exact) mass is 844 g/mol. The topological polar surface area (TPSA) is 35.9 Å². The highest BCUT2D eigenvalue weighted by Crippen LogP contribution is 2.51. The third-order valence-corrected chi connectivity index (χ3v) is 14.4. The van der Waals surface area contributed by atoms with Crippen molar-refractivity contribution in [3.05, 3.63) is 187 Å². The molecule has 318 valence electrons. The van der Waals surface area contributed by atoms with E-state index in [1.54, 1.807) is 0 Å². The Morgan fingerprint density at radius 2 is 1.17 bits per heavy atom. The van der Waals surface area contributed by atoms with E-state index in [-0.39, 0.29) is 16.2 Å². The van der Waals surface area contributed by atoms with Gasteiger partial charge >= 0.3 is 0 Å². The molecule has 0 N–H and O–H groups in total. The van der Waals surface area contributed by atoms with Gasteiger partial charge in [-0.05, 0) is 140 Å². The smallest absolute Gasteiger partial charge is 0.269 e. The molecule has 7 aromatic carbocycles. The molecule has 5 nitrogen and oxygen atoms in total. The predicted molar refractivity (Wildman–Crippen MR) is 266 cm³/mol. The van der Waals surface area contributed by atoms with Crippen LogP contribution in [0.2, 0.25) is 0 Å². The summed E-state index contributed by atoms with van der Waals surface area (Å²) in [5, 5.41) is 2.34. The summed E-state index contributed by atoms with van der Waals surface area (Å²) in [5.74, 6) is 2.39. The summed E-state index contributed by atoms with van der Waals surface area (Å²) in [6, 6.07) is 57.3. The largest absolute Gasteiger partial charge is 0.458 e. The lowest BCUT2D eigenvalue weighted by Crippen LogP contribution is -2.34. The Balaban J connectivity index is 1.01. The molecule has 0 spiro atoms. The Labute approximate surface area is 381 Å². The maximum atomic E-state index is 6.80. The minimum Gasteiger partial charge on any atom is -0.458 e. The quantitative estimate of drug-likeness (QED) is 0.131. The molecule has 0 fully saturated rings. The number of fused-ring (bicyclic) bond motifs is 11. The van der Waals surface area contributed by atoms with Crippen molar-refractivity contribution in [3.63, 3.8) is 0 Å². The number of rotatable bonds is 4. The number of para-hydroxylation sites is 3. The van der Waals surface area contributed by atoms with Crippen LogP contribution in [-0.2, 0) is 16.2 Å². The molecule has 3 aromatic heterocycles. The van der Waals surface area contributed by atoms with E-state index in [1.165, 1.54) is 61.9 Å². The van der Waals surface area contributed by atoms with Crippen molar-refractivity contribution in [2.75, 3.05) is 0 Å². The van der Waals surface area contributed by atoms with Gasteiger partial charge in [0.1, 0.15) is 17.3 Å². The van der Waals surface area contributed by atoms with Crippen LogP contribution in [0, 0.1) is 6.33 Å². The highest BCUT2D eigenvalue weighted by atomic mass is 16.5. The van der Waals surface area contributed by atoms with Gasteiger partial charge in [0.05, 0.1) is 33.4 Å². The van der Waals surface area contributed by atoms with E-state index in [0.717, 1.165) is 62.6 Å². The van der Waals surface area contributed by atoms with Crippen molar-refractivity contribution in [2.24, 2.45) is 0 Å². The summed E-state index contributed by atoms with van der Waals surface area (Å²) >= 11 is 0. The van der Waals surface area contributed by atoms with E-state index in [9.17, 15) is 0 Å². The lowest BCUT2D eigenvalue weighted by atomic mass is 9.62. The van der Waals surface area contributed by atoms with Crippen molar-refractivity contribution >= 4 is 32.8 Å². The number of imidazole rings is 1. The average molecular weight is 845 g/mol. The van der Waals surface area contributed by atoms with Gasteiger partial charge in [0, 0.05) is 23.0 Å². The van der Waals surface area contributed by atoms with Gasteiger partial charge in [-0.25, -0.2) is 4.98 Å². The summed E-state index contributed by atoms with van der Waals surface area (Å²) in [6.07, 6.45) is 8.14. The number of hydrogen-bond donors (Lipinski definition) is 0. The van der Waals surface area contributed by atoms with Gasteiger partial charge < -0.3 is 4.74 Å². The van der Waals surface area contributed by atoms with Crippen LogP contribution in [-0.4, -0.2) is 14.1 Å². The summed E-state index contributed by atoms with van der Waals surface area (Å²) in [5.41, 5.74) is 18.1. The average Bonchev–Trinajstić information content (AvgIpc) is 3.87. The van der Waals surface area contributed by atoms with Crippen LogP contribution >= 0.6 is 0 Å². The zero-order valence-electron chi connectivity index (χ0n) is 38.2. The molecule has 0 bridgehead atoms. The van der Waals surface area contributed by atoms with Gasteiger partial charge in [0.15, 0.2) is 0 Å². The van der Waals surface area contributed by atoms with Crippen molar-refractivity contribution in [1.29, 1.82) is 0 Å². The number of nitrogens with zero attached hydrogens (tertiary/aromatic N) is 4. The molecule has 4 heterocycles. The molecule has 0 amide bonds. The van der Waals surface area contributed by atoms with E-state index in [2.05, 4.69) is 220 Å². The molecule has 12 rings (SSSR count). The fourth-order valence-corrected chi connectivity index (χ4v) is 10.7. The van der Waals surface area contributed by atoms with Crippen molar-refractivity contribution < 1.29 is 9.30 Å². The predicted octanol–water partition coefficient (Wildman–Crippen LogP) is 15.0. The first-order valence-corrected chi connectivity index (χ1v) is 23.0. The van der Waals surface area contributed by atoms with Crippen molar-refractivity contribution in [1.82, 2.24) is 14.1 Å². The zero-order chi connectivity index (χ0) is 44.4. The Bertz CT molecular complexity index is 3570. The Morgan fingerprint density at radius 3 is 1.94 bits per heavy atom. The fraction of sp³-hybridized carbons (Fsp3) is 0.200. The first-order chi connectivity index (χ1) is 31.3. The van der Waals surface area contributed by atoms with Crippen LogP contribution in [0.25, 0.3) is 83.4 Å². The zero-order valence-corrected chi connectivity index (χ0v) is 38.2. The standard InChI is InChI=1S/C60H52N4O/c1-58(2,3)38-28-31-61-56(32-38)64-53-24-13-11-20-44(53)46-27-26-41(34-55(46)64)65-40-17-14-16-39(33-40)62-37-63-52-23-12-10-21-45(52)49-36-51-50(59(4,5)29-30-60(51,6)7)35-48(49)43-19-9-8-18-42(43)47-22-15-25-54(62)57(47)63/h8-28,31-36H,29-30H2,1-7H3. The Morgan fingerprint density at radius 1 is 0.554 bits per heavy atom.